The predicted molar refractivity (Wildman–Crippen MR) is 104 cm³/mol. The van der Waals surface area contributed by atoms with Crippen molar-refractivity contribution in [3.8, 4) is 11.5 Å². The minimum absolute atomic E-state index is 0.535. The average Bonchev–Trinajstić information content (AvgIpc) is 3.13. The van der Waals surface area contributed by atoms with Crippen LogP contribution in [0.1, 0.15) is 37.0 Å². The van der Waals surface area contributed by atoms with Gasteiger partial charge in [0.05, 0.1) is 27.3 Å². The number of benzene rings is 1. The van der Waals surface area contributed by atoms with E-state index in [0.29, 0.717) is 24.6 Å². The number of guanidine groups is 1. The summed E-state index contributed by atoms with van der Waals surface area (Å²) in [7, 11) is 3.27. The highest BCUT2D eigenvalue weighted by Crippen LogP contribution is 2.27. The van der Waals surface area contributed by atoms with Crippen LogP contribution in [-0.4, -0.2) is 41.5 Å². The summed E-state index contributed by atoms with van der Waals surface area (Å²) in [5.74, 6) is 4.22. The maximum absolute atomic E-state index is 5.36. The summed E-state index contributed by atoms with van der Waals surface area (Å²) >= 11 is 0. The predicted octanol–water partition coefficient (Wildman–Crippen LogP) is 1.89. The van der Waals surface area contributed by atoms with Crippen molar-refractivity contribution in [2.75, 3.05) is 20.8 Å². The molecule has 0 bridgehead atoms. The largest absolute Gasteiger partial charge is 0.493 e. The van der Waals surface area contributed by atoms with Crippen molar-refractivity contribution in [3.63, 3.8) is 0 Å². The van der Waals surface area contributed by atoms with E-state index in [-0.39, 0.29) is 0 Å². The molecule has 8 heteroatoms. The first-order valence-corrected chi connectivity index (χ1v) is 9.39. The number of aliphatic imine (C=N–C) groups is 1. The summed E-state index contributed by atoms with van der Waals surface area (Å²) in [6, 6.07) is 5.83. The lowest BCUT2D eigenvalue weighted by Crippen LogP contribution is -2.37. The fourth-order valence-corrected chi connectivity index (χ4v) is 3.15. The number of aryl methyl sites for hydroxylation is 1. The van der Waals surface area contributed by atoms with Gasteiger partial charge in [-0.15, -0.1) is 10.2 Å². The van der Waals surface area contributed by atoms with Crippen molar-refractivity contribution in [3.05, 3.63) is 35.4 Å². The molecule has 0 spiro atoms. The molecule has 2 aromatic rings. The van der Waals surface area contributed by atoms with Crippen LogP contribution in [0.4, 0.5) is 0 Å². The number of nitrogens with zero attached hydrogens (tertiary/aromatic N) is 4. The molecule has 1 aromatic heterocycles. The average molecular weight is 372 g/mol. The van der Waals surface area contributed by atoms with E-state index < -0.39 is 0 Å². The molecule has 0 unspecified atom stereocenters. The highest BCUT2D eigenvalue weighted by atomic mass is 16.5. The number of hydrogen-bond donors (Lipinski definition) is 2. The van der Waals surface area contributed by atoms with E-state index in [1.54, 1.807) is 14.2 Å². The van der Waals surface area contributed by atoms with Gasteiger partial charge in [0.1, 0.15) is 5.82 Å². The van der Waals surface area contributed by atoms with E-state index in [1.807, 2.05) is 25.1 Å². The number of hydrogen-bond acceptors (Lipinski definition) is 5. The minimum Gasteiger partial charge on any atom is -0.493 e. The van der Waals surface area contributed by atoms with Crippen molar-refractivity contribution < 1.29 is 9.47 Å². The molecule has 0 aliphatic carbocycles. The third kappa shape index (κ3) is 4.69. The van der Waals surface area contributed by atoms with E-state index in [1.165, 1.54) is 12.8 Å². The van der Waals surface area contributed by atoms with Gasteiger partial charge >= 0.3 is 0 Å². The second-order valence-electron chi connectivity index (χ2n) is 6.38. The van der Waals surface area contributed by atoms with Crippen LogP contribution in [0.15, 0.2) is 23.2 Å². The maximum Gasteiger partial charge on any atom is 0.191 e. The van der Waals surface area contributed by atoms with Crippen LogP contribution in [0.2, 0.25) is 0 Å². The number of nitrogens with one attached hydrogen (secondary N) is 2. The molecule has 1 aliphatic rings. The molecule has 0 fully saturated rings. The lowest BCUT2D eigenvalue weighted by Gasteiger charge is -2.16. The summed E-state index contributed by atoms with van der Waals surface area (Å²) < 4.78 is 12.9. The van der Waals surface area contributed by atoms with E-state index in [0.717, 1.165) is 42.7 Å². The standard InChI is InChI=1S/C19H28N6O2/c1-4-20-19(21-12-14-8-9-15(26-2)16(11-14)27-3)22-13-18-24-23-17-7-5-6-10-25(17)18/h8-9,11H,4-7,10,12-13H2,1-3H3,(H2,20,21,22). The zero-order valence-corrected chi connectivity index (χ0v) is 16.3. The summed E-state index contributed by atoms with van der Waals surface area (Å²) in [4.78, 5) is 4.67. The van der Waals surface area contributed by atoms with Crippen molar-refractivity contribution in [1.82, 2.24) is 25.4 Å². The molecular formula is C19H28N6O2. The second kappa shape index (κ2) is 9.25. The van der Waals surface area contributed by atoms with Gasteiger partial charge in [0.25, 0.3) is 0 Å². The molecule has 0 amide bonds. The second-order valence-corrected chi connectivity index (χ2v) is 6.38. The molecule has 3 rings (SSSR count). The van der Waals surface area contributed by atoms with Crippen LogP contribution < -0.4 is 20.1 Å². The van der Waals surface area contributed by atoms with E-state index >= 15 is 0 Å². The first-order valence-electron chi connectivity index (χ1n) is 9.39. The van der Waals surface area contributed by atoms with Gasteiger partial charge < -0.3 is 24.7 Å². The SMILES string of the molecule is CCNC(=NCc1ccc(OC)c(OC)c1)NCc1nnc2n1CCCC2. The topological polar surface area (TPSA) is 85.6 Å². The van der Waals surface area contributed by atoms with E-state index in [4.69, 9.17) is 9.47 Å². The summed E-state index contributed by atoms with van der Waals surface area (Å²) in [5.41, 5.74) is 1.05. The van der Waals surface area contributed by atoms with Gasteiger partial charge in [-0.1, -0.05) is 6.07 Å². The molecule has 0 radical (unpaired) electrons. The molecule has 1 aromatic carbocycles. The lowest BCUT2D eigenvalue weighted by atomic mass is 10.2. The van der Waals surface area contributed by atoms with Crippen LogP contribution in [-0.2, 0) is 26.1 Å². The fraction of sp³-hybridized carbons (Fsp3) is 0.526. The van der Waals surface area contributed by atoms with E-state index in [9.17, 15) is 0 Å². The first kappa shape index (κ1) is 19.0. The Hall–Kier alpha value is -2.77. The Kier molecular flexibility index (Phi) is 6.51. The molecule has 0 saturated carbocycles. The summed E-state index contributed by atoms with van der Waals surface area (Å²) in [6.45, 7) is 4.97. The van der Waals surface area contributed by atoms with Crippen LogP contribution in [0, 0.1) is 0 Å². The Bertz CT molecular complexity index is 787. The Morgan fingerprint density at radius 1 is 1.15 bits per heavy atom. The van der Waals surface area contributed by atoms with Gasteiger partial charge in [-0.3, -0.25) is 0 Å². The van der Waals surface area contributed by atoms with Gasteiger partial charge in [-0.25, -0.2) is 4.99 Å². The number of rotatable bonds is 7. The normalized spacial score (nSPS) is 13.8. The third-order valence-electron chi connectivity index (χ3n) is 4.56. The molecule has 27 heavy (non-hydrogen) atoms. The molecule has 1 aliphatic heterocycles. The van der Waals surface area contributed by atoms with E-state index in [2.05, 4.69) is 30.4 Å². The molecule has 0 atom stereocenters. The van der Waals surface area contributed by atoms with Gasteiger partial charge in [0, 0.05) is 19.5 Å². The van der Waals surface area contributed by atoms with Gasteiger partial charge in [-0.2, -0.15) is 0 Å². The quantitative estimate of drug-likeness (QED) is 0.570. The molecule has 2 heterocycles. The zero-order valence-electron chi connectivity index (χ0n) is 16.3. The van der Waals surface area contributed by atoms with Crippen molar-refractivity contribution >= 4 is 5.96 Å². The van der Waals surface area contributed by atoms with Gasteiger partial charge in [0.15, 0.2) is 23.3 Å². The number of methoxy groups -OCH3 is 2. The van der Waals surface area contributed by atoms with Crippen molar-refractivity contribution in [2.45, 2.75) is 45.8 Å². The number of fused-ring (bicyclic) bond motifs is 1. The van der Waals surface area contributed by atoms with Crippen molar-refractivity contribution in [2.24, 2.45) is 4.99 Å². The number of aromatic nitrogens is 3. The Balaban J connectivity index is 1.65. The summed E-state index contributed by atoms with van der Waals surface area (Å²) in [5, 5.41) is 15.3. The Morgan fingerprint density at radius 3 is 2.78 bits per heavy atom. The maximum atomic E-state index is 5.36. The highest BCUT2D eigenvalue weighted by Gasteiger charge is 2.15. The van der Waals surface area contributed by atoms with Crippen LogP contribution in [0.5, 0.6) is 11.5 Å². The third-order valence-corrected chi connectivity index (χ3v) is 4.56. The zero-order chi connectivity index (χ0) is 19.1. The monoisotopic (exact) mass is 372 g/mol. The first-order chi connectivity index (χ1) is 13.2. The molecule has 2 N–H and O–H groups in total. The Labute approximate surface area is 160 Å². The molecule has 146 valence electrons. The van der Waals surface area contributed by atoms with Crippen LogP contribution in [0.3, 0.4) is 0 Å². The van der Waals surface area contributed by atoms with Crippen molar-refractivity contribution in [1.29, 1.82) is 0 Å². The Morgan fingerprint density at radius 2 is 2.00 bits per heavy atom. The number of ether oxygens (including phenoxy) is 2. The van der Waals surface area contributed by atoms with Crippen LogP contribution in [0.25, 0.3) is 0 Å². The minimum atomic E-state index is 0.535. The molecule has 0 saturated heterocycles. The lowest BCUT2D eigenvalue weighted by molar-refractivity contribution is 0.354. The smallest absolute Gasteiger partial charge is 0.191 e. The van der Waals surface area contributed by atoms with Crippen LogP contribution >= 0.6 is 0 Å². The molecular weight excluding hydrogens is 344 g/mol. The summed E-state index contributed by atoms with van der Waals surface area (Å²) in [6.07, 6.45) is 3.40. The molecule has 8 nitrogen and oxygen atoms in total. The fourth-order valence-electron chi connectivity index (χ4n) is 3.15. The van der Waals surface area contributed by atoms with Gasteiger partial charge in [0.2, 0.25) is 0 Å². The highest BCUT2D eigenvalue weighted by molar-refractivity contribution is 5.79. The van der Waals surface area contributed by atoms with Gasteiger partial charge in [-0.05, 0) is 37.5 Å².